The number of aromatic nitrogens is 1. The molecule has 1 heterocycles. The first-order chi connectivity index (χ1) is 8.55. The fourth-order valence-corrected chi connectivity index (χ4v) is 2.76. The molecule has 1 N–H and O–H groups in total. The molecule has 1 aliphatic carbocycles. The number of halogens is 3. The number of aromatic amines is 1. The van der Waals surface area contributed by atoms with Crippen molar-refractivity contribution in [3.05, 3.63) is 35.0 Å². The van der Waals surface area contributed by atoms with E-state index in [4.69, 9.17) is 0 Å². The average Bonchev–Trinajstić information content (AvgIpc) is 2.50. The molecular formula is C14H14F3N. The van der Waals surface area contributed by atoms with Gasteiger partial charge in [-0.1, -0.05) is 6.42 Å². The van der Waals surface area contributed by atoms with E-state index in [1.807, 2.05) is 0 Å². The number of benzene rings is 1. The molecular weight excluding hydrogens is 239 g/mol. The lowest BCUT2D eigenvalue weighted by atomic mass is 10.0. The van der Waals surface area contributed by atoms with E-state index in [1.165, 1.54) is 6.07 Å². The lowest BCUT2D eigenvalue weighted by Crippen LogP contribution is -2.04. The van der Waals surface area contributed by atoms with Crippen molar-refractivity contribution in [1.82, 2.24) is 4.98 Å². The van der Waals surface area contributed by atoms with Gasteiger partial charge >= 0.3 is 6.18 Å². The number of H-pyrrole nitrogens is 1. The van der Waals surface area contributed by atoms with Gasteiger partial charge in [0.05, 0.1) is 5.56 Å². The van der Waals surface area contributed by atoms with Crippen LogP contribution in [0.25, 0.3) is 10.9 Å². The average molecular weight is 253 g/mol. The van der Waals surface area contributed by atoms with Crippen LogP contribution >= 0.6 is 0 Å². The summed E-state index contributed by atoms with van der Waals surface area (Å²) in [5, 5.41) is 0.752. The zero-order valence-corrected chi connectivity index (χ0v) is 9.90. The van der Waals surface area contributed by atoms with Crippen LogP contribution < -0.4 is 0 Å². The Hall–Kier alpha value is -1.45. The third-order valence-electron chi connectivity index (χ3n) is 3.68. The van der Waals surface area contributed by atoms with Crippen LogP contribution in [-0.2, 0) is 19.0 Å². The van der Waals surface area contributed by atoms with Crippen LogP contribution in [0, 0.1) is 0 Å². The van der Waals surface area contributed by atoms with Gasteiger partial charge in [0, 0.05) is 16.6 Å². The summed E-state index contributed by atoms with van der Waals surface area (Å²) in [5.74, 6) is 0. The van der Waals surface area contributed by atoms with Crippen molar-refractivity contribution in [3.8, 4) is 0 Å². The molecule has 3 rings (SSSR count). The third kappa shape index (κ3) is 1.89. The zero-order valence-electron chi connectivity index (χ0n) is 9.90. The van der Waals surface area contributed by atoms with Gasteiger partial charge in [-0.2, -0.15) is 13.2 Å². The summed E-state index contributed by atoms with van der Waals surface area (Å²) in [6.45, 7) is 0. The minimum Gasteiger partial charge on any atom is -0.358 e. The summed E-state index contributed by atoms with van der Waals surface area (Å²) in [4.78, 5) is 3.27. The van der Waals surface area contributed by atoms with Gasteiger partial charge in [-0.05, 0) is 49.4 Å². The second kappa shape index (κ2) is 4.04. The standard InChI is InChI=1S/C14H14F3N/c15-14(16,17)9-6-7-13-11(8-9)10-4-2-1-3-5-12(10)18-13/h6-8,18H,1-5H2. The molecule has 2 aromatic rings. The minimum absolute atomic E-state index is 0.555. The maximum Gasteiger partial charge on any atom is 0.416 e. The fraction of sp³-hybridized carbons (Fsp3) is 0.429. The summed E-state index contributed by atoms with van der Waals surface area (Å²) in [6.07, 6.45) is 0.913. The van der Waals surface area contributed by atoms with Crippen LogP contribution in [0.3, 0.4) is 0 Å². The lowest BCUT2D eigenvalue weighted by molar-refractivity contribution is -0.137. The van der Waals surface area contributed by atoms with E-state index < -0.39 is 11.7 Å². The van der Waals surface area contributed by atoms with Crippen molar-refractivity contribution in [2.75, 3.05) is 0 Å². The number of aryl methyl sites for hydroxylation is 2. The van der Waals surface area contributed by atoms with Crippen LogP contribution in [0.15, 0.2) is 18.2 Å². The van der Waals surface area contributed by atoms with Crippen LogP contribution in [0.2, 0.25) is 0 Å². The van der Waals surface area contributed by atoms with E-state index in [9.17, 15) is 13.2 Å². The van der Waals surface area contributed by atoms with E-state index >= 15 is 0 Å². The minimum atomic E-state index is -4.26. The van der Waals surface area contributed by atoms with Crippen LogP contribution in [0.4, 0.5) is 13.2 Å². The number of rotatable bonds is 0. The van der Waals surface area contributed by atoms with Gasteiger partial charge in [0.15, 0.2) is 0 Å². The van der Waals surface area contributed by atoms with E-state index in [-0.39, 0.29) is 0 Å². The number of hydrogen-bond acceptors (Lipinski definition) is 0. The number of alkyl halides is 3. The number of hydrogen-bond donors (Lipinski definition) is 1. The quantitative estimate of drug-likeness (QED) is 0.667. The van der Waals surface area contributed by atoms with Crippen LogP contribution in [-0.4, -0.2) is 4.98 Å². The maximum atomic E-state index is 12.7. The first kappa shape index (κ1) is 11.6. The van der Waals surface area contributed by atoms with Crippen molar-refractivity contribution < 1.29 is 13.2 Å². The normalized spacial score (nSPS) is 16.6. The largest absolute Gasteiger partial charge is 0.416 e. The van der Waals surface area contributed by atoms with Gasteiger partial charge in [0.2, 0.25) is 0 Å². The van der Waals surface area contributed by atoms with Gasteiger partial charge in [-0.15, -0.1) is 0 Å². The molecule has 1 aromatic carbocycles. The van der Waals surface area contributed by atoms with E-state index in [1.54, 1.807) is 6.07 Å². The zero-order chi connectivity index (χ0) is 12.8. The summed E-state index contributed by atoms with van der Waals surface area (Å²) in [5.41, 5.74) is 2.49. The third-order valence-corrected chi connectivity index (χ3v) is 3.68. The topological polar surface area (TPSA) is 15.8 Å². The molecule has 0 unspecified atom stereocenters. The lowest BCUT2D eigenvalue weighted by Gasteiger charge is -2.06. The molecule has 0 amide bonds. The van der Waals surface area contributed by atoms with E-state index in [2.05, 4.69) is 4.98 Å². The van der Waals surface area contributed by atoms with Gasteiger partial charge < -0.3 is 4.98 Å². The molecule has 0 fully saturated rings. The van der Waals surface area contributed by atoms with Crippen molar-refractivity contribution in [2.24, 2.45) is 0 Å². The Bertz CT molecular complexity index is 580. The van der Waals surface area contributed by atoms with Gasteiger partial charge in [0.1, 0.15) is 0 Å². The van der Waals surface area contributed by atoms with Gasteiger partial charge in [-0.3, -0.25) is 0 Å². The van der Waals surface area contributed by atoms with E-state index in [0.29, 0.717) is 0 Å². The number of fused-ring (bicyclic) bond motifs is 3. The molecule has 0 saturated heterocycles. The molecule has 0 saturated carbocycles. The Morgan fingerprint density at radius 3 is 2.56 bits per heavy atom. The van der Waals surface area contributed by atoms with Gasteiger partial charge in [0.25, 0.3) is 0 Å². The molecule has 0 atom stereocenters. The number of nitrogens with one attached hydrogen (secondary N) is 1. The Kier molecular flexibility index (Phi) is 2.61. The van der Waals surface area contributed by atoms with Crippen molar-refractivity contribution in [1.29, 1.82) is 0 Å². The predicted molar refractivity (Wildman–Crippen MR) is 64.6 cm³/mol. The fourth-order valence-electron chi connectivity index (χ4n) is 2.76. The Balaban J connectivity index is 2.17. The highest BCUT2D eigenvalue weighted by atomic mass is 19.4. The molecule has 1 aromatic heterocycles. The van der Waals surface area contributed by atoms with Crippen LogP contribution in [0.1, 0.15) is 36.1 Å². The molecule has 1 nitrogen and oxygen atoms in total. The molecule has 4 heteroatoms. The predicted octanol–water partition coefficient (Wildman–Crippen LogP) is 4.46. The first-order valence-electron chi connectivity index (χ1n) is 6.26. The van der Waals surface area contributed by atoms with Gasteiger partial charge in [-0.25, -0.2) is 0 Å². The van der Waals surface area contributed by atoms with Crippen molar-refractivity contribution in [3.63, 3.8) is 0 Å². The van der Waals surface area contributed by atoms with Crippen molar-refractivity contribution in [2.45, 2.75) is 38.3 Å². The second-order valence-electron chi connectivity index (χ2n) is 4.90. The van der Waals surface area contributed by atoms with Crippen molar-refractivity contribution >= 4 is 10.9 Å². The molecule has 0 radical (unpaired) electrons. The first-order valence-corrected chi connectivity index (χ1v) is 6.26. The summed E-state index contributed by atoms with van der Waals surface area (Å²) < 4.78 is 38.2. The van der Waals surface area contributed by atoms with E-state index in [0.717, 1.165) is 60.3 Å². The SMILES string of the molecule is FC(F)(F)c1ccc2[nH]c3c(c2c1)CCCCC3. The Morgan fingerprint density at radius 1 is 1.00 bits per heavy atom. The molecule has 96 valence electrons. The molecule has 1 aliphatic rings. The summed E-state index contributed by atoms with van der Waals surface area (Å²) in [6, 6.07) is 3.99. The molecule has 0 bridgehead atoms. The highest BCUT2D eigenvalue weighted by Crippen LogP contribution is 2.34. The highest BCUT2D eigenvalue weighted by molar-refractivity contribution is 5.85. The summed E-state index contributed by atoms with van der Waals surface area (Å²) in [7, 11) is 0. The summed E-state index contributed by atoms with van der Waals surface area (Å²) >= 11 is 0. The molecule has 0 spiro atoms. The van der Waals surface area contributed by atoms with Crippen LogP contribution in [0.5, 0.6) is 0 Å². The molecule has 0 aliphatic heterocycles. The monoisotopic (exact) mass is 253 g/mol. The smallest absolute Gasteiger partial charge is 0.358 e. The Morgan fingerprint density at radius 2 is 1.78 bits per heavy atom. The maximum absolute atomic E-state index is 12.7. The Labute approximate surface area is 103 Å². The second-order valence-corrected chi connectivity index (χ2v) is 4.90. The molecule has 18 heavy (non-hydrogen) atoms. The highest BCUT2D eigenvalue weighted by Gasteiger charge is 2.31.